The van der Waals surface area contributed by atoms with Crippen LogP contribution in [0.2, 0.25) is 0 Å². The lowest BCUT2D eigenvalue weighted by Gasteiger charge is -2.33. The zero-order valence-corrected chi connectivity index (χ0v) is 17.2. The van der Waals surface area contributed by atoms with Gasteiger partial charge in [0.05, 0.1) is 0 Å². The Morgan fingerprint density at radius 3 is 2.33 bits per heavy atom. The van der Waals surface area contributed by atoms with E-state index in [1.54, 1.807) is 0 Å². The Kier molecular flexibility index (Phi) is 4.42. The van der Waals surface area contributed by atoms with Crippen LogP contribution < -0.4 is 21.9 Å². The van der Waals surface area contributed by atoms with Crippen molar-refractivity contribution >= 4 is 5.91 Å². The Balaban J connectivity index is 1.12. The standard InChI is InChI=1S/C24H29N5O/c30-23(18-8-9-18)29-12-10-24(11-13-29)15-21(24)17-6-4-16(5-7-17)19-2-1-3-20(14-19)22-25-27-28-26-22/h1-7,14,18,21-22,25-28H,8-13,15H2/t21-/m0/s1. The van der Waals surface area contributed by atoms with Crippen LogP contribution in [0.15, 0.2) is 48.5 Å². The molecule has 1 atom stereocenters. The summed E-state index contributed by atoms with van der Waals surface area (Å²) < 4.78 is 0. The minimum Gasteiger partial charge on any atom is -0.342 e. The molecule has 1 spiro atoms. The number of benzene rings is 2. The topological polar surface area (TPSA) is 68.4 Å². The minimum atomic E-state index is 0.0493. The summed E-state index contributed by atoms with van der Waals surface area (Å²) >= 11 is 0. The number of nitrogens with zero attached hydrogens (tertiary/aromatic N) is 1. The van der Waals surface area contributed by atoms with E-state index in [0.717, 1.165) is 25.9 Å². The molecule has 156 valence electrons. The number of hydrazine groups is 3. The molecule has 0 radical (unpaired) electrons. The van der Waals surface area contributed by atoms with Crippen LogP contribution in [0.5, 0.6) is 0 Å². The van der Waals surface area contributed by atoms with Crippen LogP contribution in [0, 0.1) is 11.3 Å². The summed E-state index contributed by atoms with van der Waals surface area (Å²) in [6, 6.07) is 17.8. The van der Waals surface area contributed by atoms with E-state index in [2.05, 4.69) is 75.4 Å². The molecule has 30 heavy (non-hydrogen) atoms. The molecule has 4 fully saturated rings. The number of carbonyl (C=O) groups is 1. The lowest BCUT2D eigenvalue weighted by molar-refractivity contribution is -0.134. The predicted octanol–water partition coefficient (Wildman–Crippen LogP) is 2.98. The fourth-order valence-corrected chi connectivity index (χ4v) is 5.36. The highest BCUT2D eigenvalue weighted by Crippen LogP contribution is 2.65. The van der Waals surface area contributed by atoms with Gasteiger partial charge in [-0.05, 0) is 71.8 Å². The van der Waals surface area contributed by atoms with E-state index in [4.69, 9.17) is 0 Å². The van der Waals surface area contributed by atoms with Crippen LogP contribution in [0.4, 0.5) is 0 Å². The predicted molar refractivity (Wildman–Crippen MR) is 115 cm³/mol. The van der Waals surface area contributed by atoms with Gasteiger partial charge in [0.25, 0.3) is 0 Å². The van der Waals surface area contributed by atoms with Crippen molar-refractivity contribution in [2.75, 3.05) is 13.1 Å². The van der Waals surface area contributed by atoms with E-state index < -0.39 is 0 Å². The van der Waals surface area contributed by atoms with Gasteiger partial charge in [-0.1, -0.05) is 42.5 Å². The summed E-state index contributed by atoms with van der Waals surface area (Å²) in [4.78, 5) is 14.5. The maximum atomic E-state index is 12.3. The summed E-state index contributed by atoms with van der Waals surface area (Å²) in [5.74, 6) is 1.44. The zero-order chi connectivity index (χ0) is 20.1. The van der Waals surface area contributed by atoms with E-state index in [0.29, 0.717) is 23.2 Å². The van der Waals surface area contributed by atoms with Gasteiger partial charge in [-0.15, -0.1) is 0 Å². The Hall–Kier alpha value is -2.25. The first-order chi connectivity index (χ1) is 14.7. The van der Waals surface area contributed by atoms with Gasteiger partial charge in [0.2, 0.25) is 5.91 Å². The second-order valence-corrected chi connectivity index (χ2v) is 9.44. The van der Waals surface area contributed by atoms with Crippen molar-refractivity contribution in [2.24, 2.45) is 11.3 Å². The molecule has 2 aliphatic heterocycles. The minimum absolute atomic E-state index is 0.0493. The third-order valence-electron chi connectivity index (χ3n) is 7.55. The number of likely N-dealkylation sites (tertiary alicyclic amines) is 1. The van der Waals surface area contributed by atoms with Gasteiger partial charge < -0.3 is 4.90 Å². The molecule has 0 unspecified atom stereocenters. The molecular weight excluding hydrogens is 374 g/mol. The van der Waals surface area contributed by atoms with Crippen LogP contribution in [0.25, 0.3) is 11.1 Å². The molecule has 0 bridgehead atoms. The maximum Gasteiger partial charge on any atom is 0.225 e. The highest BCUT2D eigenvalue weighted by atomic mass is 16.2. The number of hydrogen-bond acceptors (Lipinski definition) is 5. The van der Waals surface area contributed by atoms with Gasteiger partial charge >= 0.3 is 0 Å². The highest BCUT2D eigenvalue weighted by Gasteiger charge is 2.55. The van der Waals surface area contributed by atoms with E-state index in [9.17, 15) is 4.79 Å². The molecule has 2 heterocycles. The fraction of sp³-hybridized carbons (Fsp3) is 0.458. The Morgan fingerprint density at radius 1 is 0.900 bits per heavy atom. The molecular formula is C24H29N5O. The van der Waals surface area contributed by atoms with E-state index in [1.807, 2.05) is 0 Å². The van der Waals surface area contributed by atoms with Crippen molar-refractivity contribution in [2.45, 2.75) is 44.2 Å². The van der Waals surface area contributed by atoms with Gasteiger partial charge in [-0.3, -0.25) is 4.79 Å². The van der Waals surface area contributed by atoms with Crippen LogP contribution in [-0.2, 0) is 4.79 Å². The largest absolute Gasteiger partial charge is 0.342 e. The Morgan fingerprint density at radius 2 is 1.63 bits per heavy atom. The van der Waals surface area contributed by atoms with Crippen LogP contribution >= 0.6 is 0 Å². The number of hydrogen-bond donors (Lipinski definition) is 4. The van der Waals surface area contributed by atoms with Crippen LogP contribution in [0.1, 0.15) is 55.3 Å². The fourth-order valence-electron chi connectivity index (χ4n) is 5.36. The summed E-state index contributed by atoms with van der Waals surface area (Å²) in [7, 11) is 0. The molecule has 2 aliphatic carbocycles. The van der Waals surface area contributed by atoms with Gasteiger partial charge in [0.1, 0.15) is 6.17 Å². The maximum absolute atomic E-state index is 12.3. The number of piperidine rings is 1. The Labute approximate surface area is 177 Å². The van der Waals surface area contributed by atoms with Crippen molar-refractivity contribution in [3.8, 4) is 11.1 Å². The molecule has 6 rings (SSSR count). The summed E-state index contributed by atoms with van der Waals surface area (Å²) in [5, 5.41) is 0. The zero-order valence-electron chi connectivity index (χ0n) is 17.2. The highest BCUT2D eigenvalue weighted by molar-refractivity contribution is 5.81. The SMILES string of the molecule is O=C(C1CC1)N1CCC2(CC1)C[C@H]2c1ccc(-c2cccc(C3NNNN3)c2)cc1. The second-order valence-electron chi connectivity index (χ2n) is 9.44. The van der Waals surface area contributed by atoms with E-state index in [-0.39, 0.29) is 6.17 Å². The van der Waals surface area contributed by atoms with Crippen molar-refractivity contribution in [3.05, 3.63) is 59.7 Å². The first kappa shape index (κ1) is 18.5. The third kappa shape index (κ3) is 3.34. The lowest BCUT2D eigenvalue weighted by atomic mass is 9.88. The monoisotopic (exact) mass is 403 g/mol. The second kappa shape index (κ2) is 7.17. The average molecular weight is 404 g/mol. The molecule has 1 amide bonds. The van der Waals surface area contributed by atoms with Crippen molar-refractivity contribution in [1.82, 2.24) is 26.8 Å². The quantitative estimate of drug-likeness (QED) is 0.632. The van der Waals surface area contributed by atoms with Gasteiger partial charge in [-0.2, -0.15) is 11.1 Å². The lowest BCUT2D eigenvalue weighted by Crippen LogP contribution is -2.40. The number of amides is 1. The summed E-state index contributed by atoms with van der Waals surface area (Å²) in [6.45, 7) is 1.92. The first-order valence-corrected chi connectivity index (χ1v) is 11.2. The van der Waals surface area contributed by atoms with Gasteiger partial charge in [0, 0.05) is 19.0 Å². The number of carbonyl (C=O) groups excluding carboxylic acids is 1. The van der Waals surface area contributed by atoms with Gasteiger partial charge in [0.15, 0.2) is 0 Å². The molecule has 2 saturated carbocycles. The average Bonchev–Trinajstić information content (AvgIpc) is 3.71. The number of rotatable bonds is 4. The summed E-state index contributed by atoms with van der Waals surface area (Å²) in [5.41, 5.74) is 17.6. The molecule has 6 nitrogen and oxygen atoms in total. The molecule has 4 aliphatic rings. The number of nitrogens with one attached hydrogen (secondary N) is 4. The molecule has 6 heteroatoms. The first-order valence-electron chi connectivity index (χ1n) is 11.2. The molecule has 0 aromatic heterocycles. The van der Waals surface area contributed by atoms with Crippen LogP contribution in [-0.4, -0.2) is 23.9 Å². The molecule has 2 saturated heterocycles. The van der Waals surface area contributed by atoms with E-state index >= 15 is 0 Å². The smallest absolute Gasteiger partial charge is 0.225 e. The molecule has 2 aromatic carbocycles. The van der Waals surface area contributed by atoms with Crippen LogP contribution in [0.3, 0.4) is 0 Å². The summed E-state index contributed by atoms with van der Waals surface area (Å²) in [6.07, 6.45) is 5.90. The van der Waals surface area contributed by atoms with E-state index in [1.165, 1.54) is 41.5 Å². The Bertz CT molecular complexity index is 940. The third-order valence-corrected chi connectivity index (χ3v) is 7.55. The van der Waals surface area contributed by atoms with Crippen molar-refractivity contribution in [1.29, 1.82) is 0 Å². The van der Waals surface area contributed by atoms with Crippen molar-refractivity contribution in [3.63, 3.8) is 0 Å². The normalized spacial score (nSPS) is 25.6. The van der Waals surface area contributed by atoms with Crippen molar-refractivity contribution < 1.29 is 4.79 Å². The molecule has 4 N–H and O–H groups in total. The van der Waals surface area contributed by atoms with Gasteiger partial charge in [-0.25, -0.2) is 10.9 Å². The molecule has 2 aromatic rings.